The van der Waals surface area contributed by atoms with Gasteiger partial charge in [-0.2, -0.15) is 5.10 Å². The molecule has 0 spiro atoms. The number of rotatable bonds is 5. The average molecular weight is 341 g/mol. The molecular formula is C19H23N3O3. The molecule has 1 amide bonds. The Hall–Kier alpha value is -2.63. The van der Waals surface area contributed by atoms with Crippen molar-refractivity contribution in [1.29, 1.82) is 0 Å². The van der Waals surface area contributed by atoms with E-state index in [0.717, 1.165) is 24.0 Å². The minimum atomic E-state index is -1.09. The van der Waals surface area contributed by atoms with Crippen LogP contribution < -0.4 is 5.32 Å². The Morgan fingerprint density at radius 3 is 2.56 bits per heavy atom. The Morgan fingerprint density at radius 1 is 1.20 bits per heavy atom. The molecule has 3 rings (SSSR count). The molecule has 132 valence electrons. The van der Waals surface area contributed by atoms with Gasteiger partial charge in [0.15, 0.2) is 6.04 Å². The Morgan fingerprint density at radius 2 is 1.92 bits per heavy atom. The maximum absolute atomic E-state index is 12.5. The van der Waals surface area contributed by atoms with E-state index in [1.807, 2.05) is 24.6 Å². The Kier molecular flexibility index (Phi) is 4.88. The van der Waals surface area contributed by atoms with Crippen molar-refractivity contribution >= 4 is 11.9 Å². The lowest BCUT2D eigenvalue weighted by Gasteiger charge is -2.15. The highest BCUT2D eigenvalue weighted by atomic mass is 16.4. The summed E-state index contributed by atoms with van der Waals surface area (Å²) < 4.78 is 1.83. The first-order valence-electron chi connectivity index (χ1n) is 8.61. The number of carboxylic acids is 1. The second-order valence-electron chi connectivity index (χ2n) is 6.71. The summed E-state index contributed by atoms with van der Waals surface area (Å²) in [7, 11) is 0. The zero-order valence-electron chi connectivity index (χ0n) is 14.5. The second-order valence-corrected chi connectivity index (χ2v) is 6.71. The minimum absolute atomic E-state index is 0.252. The predicted octanol–water partition coefficient (Wildman–Crippen LogP) is 3.17. The van der Waals surface area contributed by atoms with Gasteiger partial charge in [-0.15, -0.1) is 0 Å². The first-order valence-corrected chi connectivity index (χ1v) is 8.61. The number of benzene rings is 1. The Labute approximate surface area is 146 Å². The standard InChI is InChI=1S/C19H23N3O3/c1-12-7-8-14(11-13(12)2)17(19(24)25)20-18(23)16-9-10-22(21-16)15-5-3-4-6-15/h7-11,15,17H,3-6H2,1-2H3,(H,20,23)(H,24,25). The maximum Gasteiger partial charge on any atom is 0.330 e. The van der Waals surface area contributed by atoms with E-state index in [1.165, 1.54) is 12.8 Å². The molecule has 0 saturated heterocycles. The van der Waals surface area contributed by atoms with E-state index in [0.29, 0.717) is 11.6 Å². The summed E-state index contributed by atoms with van der Waals surface area (Å²) in [6.45, 7) is 3.88. The molecule has 1 aromatic heterocycles. The number of amides is 1. The number of aromatic nitrogens is 2. The highest BCUT2D eigenvalue weighted by molar-refractivity contribution is 5.95. The second kappa shape index (κ2) is 7.09. The van der Waals surface area contributed by atoms with Gasteiger partial charge in [-0.1, -0.05) is 31.0 Å². The summed E-state index contributed by atoms with van der Waals surface area (Å²) in [5, 5.41) is 16.4. The van der Waals surface area contributed by atoms with Crippen molar-refractivity contribution in [1.82, 2.24) is 15.1 Å². The number of nitrogens with zero attached hydrogens (tertiary/aromatic N) is 2. The molecular weight excluding hydrogens is 318 g/mol. The third kappa shape index (κ3) is 3.73. The van der Waals surface area contributed by atoms with Gasteiger partial charge in [0, 0.05) is 6.20 Å². The van der Waals surface area contributed by atoms with Gasteiger partial charge in [-0.25, -0.2) is 4.79 Å². The number of carboxylic acid groups (broad SMARTS) is 1. The smallest absolute Gasteiger partial charge is 0.330 e. The number of carbonyl (C=O) groups is 2. The summed E-state index contributed by atoms with van der Waals surface area (Å²) in [6.07, 6.45) is 6.31. The summed E-state index contributed by atoms with van der Waals surface area (Å²) >= 11 is 0. The SMILES string of the molecule is Cc1ccc(C(NC(=O)c2ccn(C3CCCC3)n2)C(=O)O)cc1C. The third-order valence-electron chi connectivity index (χ3n) is 4.93. The van der Waals surface area contributed by atoms with E-state index < -0.39 is 17.9 Å². The van der Waals surface area contributed by atoms with E-state index in [9.17, 15) is 14.7 Å². The summed E-state index contributed by atoms with van der Waals surface area (Å²) in [5.74, 6) is -1.56. The fourth-order valence-electron chi connectivity index (χ4n) is 3.27. The number of hydrogen-bond acceptors (Lipinski definition) is 3. The van der Waals surface area contributed by atoms with Gasteiger partial charge in [0.2, 0.25) is 0 Å². The monoisotopic (exact) mass is 341 g/mol. The number of aliphatic carboxylic acids is 1. The van der Waals surface area contributed by atoms with Crippen LogP contribution in [0.3, 0.4) is 0 Å². The van der Waals surface area contributed by atoms with Crippen LogP contribution >= 0.6 is 0 Å². The molecule has 25 heavy (non-hydrogen) atoms. The number of carbonyl (C=O) groups excluding carboxylic acids is 1. The first kappa shape index (κ1) is 17.2. The van der Waals surface area contributed by atoms with Crippen molar-refractivity contribution in [3.63, 3.8) is 0 Å². The molecule has 6 nitrogen and oxygen atoms in total. The van der Waals surface area contributed by atoms with Crippen molar-refractivity contribution in [2.24, 2.45) is 0 Å². The molecule has 0 bridgehead atoms. The van der Waals surface area contributed by atoms with Crippen LogP contribution in [-0.2, 0) is 4.79 Å². The molecule has 1 aromatic carbocycles. The lowest BCUT2D eigenvalue weighted by molar-refractivity contribution is -0.139. The zero-order valence-corrected chi connectivity index (χ0v) is 14.5. The fraction of sp³-hybridized carbons (Fsp3) is 0.421. The molecule has 1 saturated carbocycles. The molecule has 6 heteroatoms. The normalized spacial score (nSPS) is 15.9. The van der Waals surface area contributed by atoms with Crippen LogP contribution in [0.1, 0.15) is 64.9 Å². The van der Waals surface area contributed by atoms with Crippen LogP contribution in [0.15, 0.2) is 30.5 Å². The molecule has 1 aliphatic carbocycles. The third-order valence-corrected chi connectivity index (χ3v) is 4.93. The topological polar surface area (TPSA) is 84.2 Å². The zero-order chi connectivity index (χ0) is 18.0. The summed E-state index contributed by atoms with van der Waals surface area (Å²) in [4.78, 5) is 24.1. The first-order chi connectivity index (χ1) is 12.0. The van der Waals surface area contributed by atoms with E-state index >= 15 is 0 Å². The molecule has 1 fully saturated rings. The minimum Gasteiger partial charge on any atom is -0.479 e. The molecule has 2 N–H and O–H groups in total. The lowest BCUT2D eigenvalue weighted by atomic mass is 10.0. The summed E-state index contributed by atoms with van der Waals surface area (Å²) in [6, 6.07) is 6.29. The van der Waals surface area contributed by atoms with Crippen LogP contribution in [-0.4, -0.2) is 26.8 Å². The number of hydrogen-bond donors (Lipinski definition) is 2. The molecule has 0 radical (unpaired) electrons. The quantitative estimate of drug-likeness (QED) is 0.875. The highest BCUT2D eigenvalue weighted by Crippen LogP contribution is 2.28. The summed E-state index contributed by atoms with van der Waals surface area (Å²) in [5.41, 5.74) is 2.87. The maximum atomic E-state index is 12.5. The molecule has 2 aromatic rings. The lowest BCUT2D eigenvalue weighted by Crippen LogP contribution is -2.34. The molecule has 1 heterocycles. The van der Waals surface area contributed by atoms with Crippen molar-refractivity contribution in [2.45, 2.75) is 51.6 Å². The van der Waals surface area contributed by atoms with Gasteiger partial charge < -0.3 is 10.4 Å². The van der Waals surface area contributed by atoms with Crippen LogP contribution in [0.25, 0.3) is 0 Å². The van der Waals surface area contributed by atoms with Crippen LogP contribution in [0.5, 0.6) is 0 Å². The Bertz CT molecular complexity index is 791. The van der Waals surface area contributed by atoms with Crippen molar-refractivity contribution in [3.05, 3.63) is 52.8 Å². The highest BCUT2D eigenvalue weighted by Gasteiger charge is 2.25. The van der Waals surface area contributed by atoms with E-state index in [1.54, 1.807) is 24.4 Å². The van der Waals surface area contributed by atoms with E-state index in [2.05, 4.69) is 10.4 Å². The van der Waals surface area contributed by atoms with Gasteiger partial charge >= 0.3 is 5.97 Å². The number of nitrogens with one attached hydrogen (secondary N) is 1. The van der Waals surface area contributed by atoms with E-state index in [-0.39, 0.29) is 5.69 Å². The fourth-order valence-corrected chi connectivity index (χ4v) is 3.27. The number of aryl methyl sites for hydroxylation is 2. The van der Waals surface area contributed by atoms with Crippen molar-refractivity contribution < 1.29 is 14.7 Å². The molecule has 0 aliphatic heterocycles. The van der Waals surface area contributed by atoms with E-state index in [4.69, 9.17) is 0 Å². The molecule has 1 unspecified atom stereocenters. The van der Waals surface area contributed by atoms with Crippen molar-refractivity contribution in [3.8, 4) is 0 Å². The van der Waals surface area contributed by atoms with Crippen molar-refractivity contribution in [2.75, 3.05) is 0 Å². The van der Waals surface area contributed by atoms with Crippen LogP contribution in [0.2, 0.25) is 0 Å². The van der Waals surface area contributed by atoms with Gasteiger partial charge in [-0.3, -0.25) is 9.48 Å². The van der Waals surface area contributed by atoms with Crippen LogP contribution in [0, 0.1) is 13.8 Å². The van der Waals surface area contributed by atoms with Crippen LogP contribution in [0.4, 0.5) is 0 Å². The molecule has 1 atom stereocenters. The average Bonchev–Trinajstić information content (AvgIpc) is 3.25. The molecule has 1 aliphatic rings. The predicted molar refractivity (Wildman–Crippen MR) is 93.5 cm³/mol. The Balaban J connectivity index is 1.76. The largest absolute Gasteiger partial charge is 0.479 e. The van der Waals surface area contributed by atoms with Gasteiger partial charge in [0.05, 0.1) is 6.04 Å². The van der Waals surface area contributed by atoms with Gasteiger partial charge in [0.25, 0.3) is 5.91 Å². The van der Waals surface area contributed by atoms with Gasteiger partial charge in [0.1, 0.15) is 5.69 Å². The van der Waals surface area contributed by atoms with Gasteiger partial charge in [-0.05, 0) is 49.4 Å².